The zero-order valence-electron chi connectivity index (χ0n) is 19.0. The van der Waals surface area contributed by atoms with Gasteiger partial charge in [0.1, 0.15) is 12.2 Å². The Balaban J connectivity index is 1.93. The SMILES string of the molecule is Cc1noc(C)c1S(=O)(=O)N(CC(=O)N[C@H]1CCCC[C@H]1C)c1ccc(C(C)C)cc1. The number of hydrogen-bond acceptors (Lipinski definition) is 5. The van der Waals surface area contributed by atoms with Gasteiger partial charge in [0.25, 0.3) is 10.0 Å². The van der Waals surface area contributed by atoms with Crippen molar-refractivity contribution >= 4 is 21.6 Å². The van der Waals surface area contributed by atoms with Gasteiger partial charge in [0, 0.05) is 6.04 Å². The van der Waals surface area contributed by atoms with Crippen molar-refractivity contribution in [2.24, 2.45) is 5.92 Å². The number of carbonyl (C=O) groups is 1. The molecule has 0 unspecified atom stereocenters. The molecule has 1 aromatic carbocycles. The lowest BCUT2D eigenvalue weighted by molar-refractivity contribution is -0.120. The van der Waals surface area contributed by atoms with Gasteiger partial charge in [0.15, 0.2) is 10.7 Å². The summed E-state index contributed by atoms with van der Waals surface area (Å²) in [5.74, 6) is 0.609. The Morgan fingerprint density at radius 1 is 1.19 bits per heavy atom. The second-order valence-corrected chi connectivity index (χ2v) is 10.6. The average molecular weight is 448 g/mol. The molecule has 0 radical (unpaired) electrons. The van der Waals surface area contributed by atoms with E-state index in [9.17, 15) is 13.2 Å². The fourth-order valence-corrected chi connectivity index (χ4v) is 5.93. The van der Waals surface area contributed by atoms with Gasteiger partial charge in [-0.15, -0.1) is 0 Å². The zero-order valence-corrected chi connectivity index (χ0v) is 19.8. The normalized spacial score (nSPS) is 19.4. The maximum absolute atomic E-state index is 13.6. The van der Waals surface area contributed by atoms with E-state index >= 15 is 0 Å². The number of benzene rings is 1. The van der Waals surface area contributed by atoms with Crippen LogP contribution in [0.4, 0.5) is 5.69 Å². The number of carbonyl (C=O) groups excluding carboxylic acids is 1. The molecule has 170 valence electrons. The van der Waals surface area contributed by atoms with Crippen molar-refractivity contribution in [2.45, 2.75) is 77.2 Å². The van der Waals surface area contributed by atoms with Gasteiger partial charge in [0.05, 0.1) is 5.69 Å². The summed E-state index contributed by atoms with van der Waals surface area (Å²) in [6, 6.07) is 7.38. The molecule has 1 saturated carbocycles. The van der Waals surface area contributed by atoms with E-state index < -0.39 is 10.0 Å². The van der Waals surface area contributed by atoms with Crippen LogP contribution in [0.3, 0.4) is 0 Å². The molecule has 0 bridgehead atoms. The number of sulfonamides is 1. The van der Waals surface area contributed by atoms with Gasteiger partial charge in [0.2, 0.25) is 5.91 Å². The highest BCUT2D eigenvalue weighted by Gasteiger charge is 2.33. The van der Waals surface area contributed by atoms with Crippen LogP contribution in [-0.4, -0.2) is 32.1 Å². The molecule has 1 amide bonds. The van der Waals surface area contributed by atoms with Gasteiger partial charge in [-0.1, -0.05) is 50.9 Å². The number of hydrogen-bond donors (Lipinski definition) is 1. The van der Waals surface area contributed by atoms with Crippen LogP contribution in [0.1, 0.15) is 69.4 Å². The van der Waals surface area contributed by atoms with E-state index in [1.54, 1.807) is 26.0 Å². The number of rotatable bonds is 7. The molecule has 1 aromatic heterocycles. The van der Waals surface area contributed by atoms with E-state index in [1.807, 2.05) is 12.1 Å². The first-order chi connectivity index (χ1) is 14.6. The molecule has 2 atom stereocenters. The lowest BCUT2D eigenvalue weighted by Crippen LogP contribution is -2.47. The molecule has 1 aliphatic rings. The molecule has 0 saturated heterocycles. The van der Waals surface area contributed by atoms with Crippen LogP contribution in [-0.2, 0) is 14.8 Å². The Hall–Kier alpha value is -2.35. The number of anilines is 1. The van der Waals surface area contributed by atoms with Crippen molar-refractivity contribution in [3.8, 4) is 0 Å². The van der Waals surface area contributed by atoms with Gasteiger partial charge in [-0.2, -0.15) is 0 Å². The maximum Gasteiger partial charge on any atom is 0.270 e. The van der Waals surface area contributed by atoms with Crippen LogP contribution in [0.25, 0.3) is 0 Å². The highest BCUT2D eigenvalue weighted by atomic mass is 32.2. The fourth-order valence-electron chi connectivity index (χ4n) is 4.21. The first-order valence-electron chi connectivity index (χ1n) is 11.0. The first kappa shape index (κ1) is 23.3. The molecule has 0 spiro atoms. The summed E-state index contributed by atoms with van der Waals surface area (Å²) in [5.41, 5.74) is 1.82. The minimum Gasteiger partial charge on any atom is -0.360 e. The summed E-state index contributed by atoms with van der Waals surface area (Å²) in [6.45, 7) is 9.14. The molecule has 0 aliphatic heterocycles. The number of aryl methyl sites for hydroxylation is 2. The van der Waals surface area contributed by atoms with Gasteiger partial charge in [-0.25, -0.2) is 8.42 Å². The van der Waals surface area contributed by atoms with E-state index in [2.05, 4.69) is 31.2 Å². The van der Waals surface area contributed by atoms with Crippen LogP contribution < -0.4 is 9.62 Å². The van der Waals surface area contributed by atoms with Crippen molar-refractivity contribution in [1.82, 2.24) is 10.5 Å². The summed E-state index contributed by atoms with van der Waals surface area (Å²) >= 11 is 0. The summed E-state index contributed by atoms with van der Waals surface area (Å²) in [7, 11) is -4.04. The number of aromatic nitrogens is 1. The number of amides is 1. The molecule has 2 aromatic rings. The highest BCUT2D eigenvalue weighted by Crippen LogP contribution is 2.29. The first-order valence-corrected chi connectivity index (χ1v) is 12.4. The Kier molecular flexibility index (Phi) is 7.09. The third-order valence-electron chi connectivity index (χ3n) is 6.11. The van der Waals surface area contributed by atoms with Crippen molar-refractivity contribution in [1.29, 1.82) is 0 Å². The summed E-state index contributed by atoms with van der Waals surface area (Å²) in [4.78, 5) is 13.0. The van der Waals surface area contributed by atoms with Gasteiger partial charge < -0.3 is 9.84 Å². The largest absolute Gasteiger partial charge is 0.360 e. The number of nitrogens with zero attached hydrogens (tertiary/aromatic N) is 2. The standard InChI is InChI=1S/C23H33N3O4S/c1-15(2)19-10-12-20(13-11-19)26(31(28,29)23-17(4)25-30-18(23)5)14-22(27)24-21-9-7-6-8-16(21)3/h10-13,15-16,21H,6-9,14H2,1-5H3,(H,24,27)/t16-,21+/m1/s1. The lowest BCUT2D eigenvalue weighted by Gasteiger charge is -2.31. The third-order valence-corrected chi connectivity index (χ3v) is 8.13. The monoisotopic (exact) mass is 447 g/mol. The second kappa shape index (κ2) is 9.42. The fraction of sp³-hybridized carbons (Fsp3) is 0.565. The number of nitrogens with one attached hydrogen (secondary N) is 1. The molecular weight excluding hydrogens is 414 g/mol. The molecule has 1 aliphatic carbocycles. The van der Waals surface area contributed by atoms with Crippen LogP contribution in [0, 0.1) is 19.8 Å². The van der Waals surface area contributed by atoms with Gasteiger partial charge >= 0.3 is 0 Å². The predicted molar refractivity (Wildman–Crippen MR) is 121 cm³/mol. The smallest absolute Gasteiger partial charge is 0.270 e. The van der Waals surface area contributed by atoms with Crippen LogP contribution in [0.5, 0.6) is 0 Å². The van der Waals surface area contributed by atoms with Gasteiger partial charge in [-0.3, -0.25) is 9.10 Å². The quantitative estimate of drug-likeness (QED) is 0.683. The summed E-state index contributed by atoms with van der Waals surface area (Å²) in [5, 5.41) is 6.86. The molecule has 7 nitrogen and oxygen atoms in total. The topological polar surface area (TPSA) is 92.5 Å². The molecule has 31 heavy (non-hydrogen) atoms. The second-order valence-electron chi connectivity index (χ2n) is 8.85. The van der Waals surface area contributed by atoms with E-state index in [0.717, 1.165) is 29.1 Å². The van der Waals surface area contributed by atoms with Crippen LogP contribution >= 0.6 is 0 Å². The molecule has 8 heteroatoms. The predicted octanol–water partition coefficient (Wildman–Crippen LogP) is 4.31. The maximum atomic E-state index is 13.6. The van der Waals surface area contributed by atoms with Crippen molar-refractivity contribution in [3.63, 3.8) is 0 Å². The van der Waals surface area contributed by atoms with Gasteiger partial charge in [-0.05, 0) is 56.2 Å². The highest BCUT2D eigenvalue weighted by molar-refractivity contribution is 7.93. The Morgan fingerprint density at radius 2 is 1.84 bits per heavy atom. The van der Waals surface area contributed by atoms with Crippen LogP contribution in [0.15, 0.2) is 33.7 Å². The van der Waals surface area contributed by atoms with Crippen molar-refractivity contribution in [2.75, 3.05) is 10.8 Å². The molecule has 3 rings (SSSR count). The minimum atomic E-state index is -4.04. The third kappa shape index (κ3) is 5.11. The summed E-state index contributed by atoms with van der Waals surface area (Å²) in [6.07, 6.45) is 4.24. The van der Waals surface area contributed by atoms with E-state index in [1.165, 1.54) is 6.42 Å². The molecule has 1 N–H and O–H groups in total. The molecule has 1 fully saturated rings. The van der Waals surface area contributed by atoms with E-state index in [0.29, 0.717) is 17.5 Å². The molecular formula is C23H33N3O4S. The van der Waals surface area contributed by atoms with E-state index in [-0.39, 0.29) is 34.8 Å². The van der Waals surface area contributed by atoms with E-state index in [4.69, 9.17) is 4.52 Å². The summed E-state index contributed by atoms with van der Waals surface area (Å²) < 4.78 is 33.4. The Morgan fingerprint density at radius 3 is 2.39 bits per heavy atom. The van der Waals surface area contributed by atoms with Crippen molar-refractivity contribution < 1.29 is 17.7 Å². The Bertz CT molecular complexity index is 992. The minimum absolute atomic E-state index is 0.0132. The van der Waals surface area contributed by atoms with Crippen LogP contribution in [0.2, 0.25) is 0 Å². The molecule has 1 heterocycles. The zero-order chi connectivity index (χ0) is 22.8. The average Bonchev–Trinajstić information content (AvgIpc) is 3.06. The van der Waals surface area contributed by atoms with Crippen molar-refractivity contribution in [3.05, 3.63) is 41.3 Å². The lowest BCUT2D eigenvalue weighted by atomic mass is 9.86. The Labute approximate surface area is 185 Å².